The third kappa shape index (κ3) is 7.37. The number of halogens is 2. The zero-order valence-electron chi connectivity index (χ0n) is 18.9. The lowest BCUT2D eigenvalue weighted by atomic mass is 10.1. The van der Waals surface area contributed by atoms with Crippen molar-refractivity contribution in [2.45, 2.75) is 52.6 Å². The van der Waals surface area contributed by atoms with Crippen LogP contribution >= 0.6 is 11.6 Å². The molecule has 6 heteroatoms. The molecule has 4 nitrogen and oxygen atoms in total. The van der Waals surface area contributed by atoms with Gasteiger partial charge in [-0.2, -0.15) is 0 Å². The van der Waals surface area contributed by atoms with E-state index in [1.54, 1.807) is 19.2 Å². The number of amides is 1. The molecule has 0 atom stereocenters. The van der Waals surface area contributed by atoms with Gasteiger partial charge in [-0.3, -0.25) is 9.69 Å². The Morgan fingerprint density at radius 3 is 2.52 bits per heavy atom. The van der Waals surface area contributed by atoms with Crippen molar-refractivity contribution >= 4 is 29.3 Å². The second kappa shape index (κ2) is 11.9. The molecule has 0 bridgehead atoms. The first-order valence-electron chi connectivity index (χ1n) is 10.6. The Morgan fingerprint density at radius 1 is 1.19 bits per heavy atom. The van der Waals surface area contributed by atoms with E-state index >= 15 is 0 Å². The van der Waals surface area contributed by atoms with Crippen LogP contribution in [0.1, 0.15) is 45.2 Å². The van der Waals surface area contributed by atoms with Gasteiger partial charge in [0, 0.05) is 29.4 Å². The van der Waals surface area contributed by atoms with Crippen LogP contribution in [0.4, 0.5) is 10.1 Å². The van der Waals surface area contributed by atoms with Crippen molar-refractivity contribution in [2.75, 3.05) is 19.0 Å². The van der Waals surface area contributed by atoms with E-state index in [-0.39, 0.29) is 16.5 Å². The van der Waals surface area contributed by atoms with Gasteiger partial charge in [-0.25, -0.2) is 4.39 Å². The number of rotatable bonds is 10. The summed E-state index contributed by atoms with van der Waals surface area (Å²) in [5.41, 5.74) is 1.89. The highest BCUT2D eigenvalue weighted by molar-refractivity contribution is 6.32. The zero-order valence-corrected chi connectivity index (χ0v) is 19.7. The predicted molar refractivity (Wildman–Crippen MR) is 127 cm³/mol. The molecule has 0 heterocycles. The first-order valence-corrected chi connectivity index (χ1v) is 11.0. The molecule has 2 aromatic rings. The van der Waals surface area contributed by atoms with Crippen LogP contribution in [0.3, 0.4) is 0 Å². The lowest BCUT2D eigenvalue weighted by Gasteiger charge is -2.30. The van der Waals surface area contributed by atoms with Gasteiger partial charge in [-0.15, -0.1) is 0 Å². The van der Waals surface area contributed by atoms with Gasteiger partial charge in [0.05, 0.1) is 12.1 Å². The molecule has 0 aliphatic heterocycles. The highest BCUT2D eigenvalue weighted by atomic mass is 35.5. The Kier molecular flexibility index (Phi) is 9.53. The maximum Gasteiger partial charge on any atom is 0.248 e. The molecule has 1 amide bonds. The molecule has 0 aliphatic rings. The first-order chi connectivity index (χ1) is 14.7. The van der Waals surface area contributed by atoms with Crippen LogP contribution < -0.4 is 10.1 Å². The Balaban J connectivity index is 2.05. The Labute approximate surface area is 190 Å². The molecule has 0 aliphatic carbocycles. The Bertz CT molecular complexity index is 884. The van der Waals surface area contributed by atoms with Gasteiger partial charge in [0.1, 0.15) is 11.6 Å². The Morgan fingerprint density at radius 2 is 1.90 bits per heavy atom. The highest BCUT2D eigenvalue weighted by Gasteiger charge is 2.14. The summed E-state index contributed by atoms with van der Waals surface area (Å²) in [6.45, 7) is 9.82. The van der Waals surface area contributed by atoms with Crippen LogP contribution in [0.2, 0.25) is 5.02 Å². The molecule has 2 rings (SSSR count). The minimum absolute atomic E-state index is 0.189. The molecule has 0 unspecified atom stereocenters. The lowest BCUT2D eigenvalue weighted by molar-refractivity contribution is -0.111. The molecule has 0 radical (unpaired) electrons. The fraction of sp³-hybridized carbons (Fsp3) is 0.400. The average Bonchev–Trinajstić information content (AvgIpc) is 2.70. The SMILES string of the molecule is COc1ccc(NC(=O)/C=C/c2c(F)cccc2Cl)cc1CCCN(C(C)C)C(C)C. The van der Waals surface area contributed by atoms with Crippen molar-refractivity contribution in [1.29, 1.82) is 0 Å². The van der Waals surface area contributed by atoms with E-state index in [0.717, 1.165) is 30.7 Å². The number of carbonyl (C=O) groups excluding carboxylic acids is 1. The maximum absolute atomic E-state index is 13.9. The number of aryl methyl sites for hydroxylation is 1. The molecular weight excluding hydrogens is 415 g/mol. The number of nitrogens with zero attached hydrogens (tertiary/aromatic N) is 1. The van der Waals surface area contributed by atoms with E-state index in [1.165, 1.54) is 24.3 Å². The molecule has 1 N–H and O–H groups in total. The zero-order chi connectivity index (χ0) is 23.0. The predicted octanol–water partition coefficient (Wildman–Crippen LogP) is 6.19. The van der Waals surface area contributed by atoms with E-state index < -0.39 is 5.82 Å². The van der Waals surface area contributed by atoms with Gasteiger partial charge in [0.15, 0.2) is 0 Å². The summed E-state index contributed by atoms with van der Waals surface area (Å²) in [6.07, 6.45) is 4.47. The molecule has 0 saturated heterocycles. The largest absolute Gasteiger partial charge is 0.496 e. The summed E-state index contributed by atoms with van der Waals surface area (Å²) in [4.78, 5) is 14.8. The van der Waals surface area contributed by atoms with Crippen LogP contribution in [-0.2, 0) is 11.2 Å². The van der Waals surface area contributed by atoms with Gasteiger partial charge >= 0.3 is 0 Å². The molecule has 31 heavy (non-hydrogen) atoms. The van der Waals surface area contributed by atoms with Gasteiger partial charge in [0.25, 0.3) is 0 Å². The summed E-state index contributed by atoms with van der Waals surface area (Å²) < 4.78 is 19.3. The molecule has 2 aromatic carbocycles. The fourth-order valence-corrected chi connectivity index (χ4v) is 3.86. The van der Waals surface area contributed by atoms with E-state index in [0.29, 0.717) is 17.8 Å². The molecular formula is C25H32ClFN2O2. The molecule has 168 valence electrons. The molecule has 0 fully saturated rings. The van der Waals surface area contributed by atoms with Crippen LogP contribution in [0.15, 0.2) is 42.5 Å². The Hall–Kier alpha value is -2.37. The first kappa shape index (κ1) is 24.9. The monoisotopic (exact) mass is 446 g/mol. The van der Waals surface area contributed by atoms with Gasteiger partial charge in [-0.05, 0) is 89.1 Å². The van der Waals surface area contributed by atoms with Crippen molar-refractivity contribution in [2.24, 2.45) is 0 Å². The number of ether oxygens (including phenoxy) is 1. The third-order valence-electron chi connectivity index (χ3n) is 5.14. The van der Waals surface area contributed by atoms with Crippen molar-refractivity contribution in [3.8, 4) is 5.75 Å². The normalized spacial score (nSPS) is 11.7. The minimum atomic E-state index is -0.472. The van der Waals surface area contributed by atoms with Crippen molar-refractivity contribution in [3.05, 3.63) is 64.4 Å². The number of hydrogen-bond donors (Lipinski definition) is 1. The summed E-state index contributed by atoms with van der Waals surface area (Å²) >= 11 is 6.00. The number of hydrogen-bond acceptors (Lipinski definition) is 3. The maximum atomic E-state index is 13.9. The lowest BCUT2D eigenvalue weighted by Crippen LogP contribution is -2.37. The molecule has 0 saturated carbocycles. The van der Waals surface area contributed by atoms with E-state index in [9.17, 15) is 9.18 Å². The number of benzene rings is 2. The summed E-state index contributed by atoms with van der Waals surface area (Å²) in [6, 6.07) is 11.0. The van der Waals surface area contributed by atoms with Crippen molar-refractivity contribution < 1.29 is 13.9 Å². The summed E-state index contributed by atoms with van der Waals surface area (Å²) in [7, 11) is 1.65. The number of methoxy groups -OCH3 is 1. The van der Waals surface area contributed by atoms with Gasteiger partial charge in [0.2, 0.25) is 5.91 Å². The topological polar surface area (TPSA) is 41.6 Å². The van der Waals surface area contributed by atoms with Crippen molar-refractivity contribution in [3.63, 3.8) is 0 Å². The minimum Gasteiger partial charge on any atom is -0.496 e. The standard InChI is InChI=1S/C25H32ClFN2O2/c1-17(2)29(18(3)4)15-7-8-19-16-20(11-13-24(19)31-5)28-25(30)14-12-21-22(26)9-6-10-23(21)27/h6,9-14,16-18H,7-8,15H2,1-5H3,(H,28,30)/b14-12+. The second-order valence-electron chi connectivity index (χ2n) is 8.01. The highest BCUT2D eigenvalue weighted by Crippen LogP contribution is 2.25. The third-order valence-corrected chi connectivity index (χ3v) is 5.47. The molecule has 0 aromatic heterocycles. The second-order valence-corrected chi connectivity index (χ2v) is 8.42. The smallest absolute Gasteiger partial charge is 0.248 e. The average molecular weight is 447 g/mol. The van der Waals surface area contributed by atoms with E-state index in [4.69, 9.17) is 16.3 Å². The number of anilines is 1. The van der Waals surface area contributed by atoms with Gasteiger partial charge < -0.3 is 10.1 Å². The number of nitrogens with one attached hydrogen (secondary N) is 1. The summed E-state index contributed by atoms with van der Waals surface area (Å²) in [5, 5.41) is 3.08. The quantitative estimate of drug-likeness (QED) is 0.442. The van der Waals surface area contributed by atoms with E-state index in [1.807, 2.05) is 12.1 Å². The van der Waals surface area contributed by atoms with Gasteiger partial charge in [-0.1, -0.05) is 17.7 Å². The van der Waals surface area contributed by atoms with E-state index in [2.05, 4.69) is 37.9 Å². The fourth-order valence-electron chi connectivity index (χ4n) is 3.63. The summed E-state index contributed by atoms with van der Waals surface area (Å²) in [5.74, 6) is -0.0336. The van der Waals surface area contributed by atoms with Crippen molar-refractivity contribution in [1.82, 2.24) is 4.90 Å². The number of carbonyl (C=O) groups is 1. The van der Waals surface area contributed by atoms with Crippen LogP contribution in [0, 0.1) is 5.82 Å². The van der Waals surface area contributed by atoms with Crippen LogP contribution in [0.5, 0.6) is 5.75 Å². The van der Waals surface area contributed by atoms with Crippen LogP contribution in [-0.4, -0.2) is 36.5 Å². The molecule has 0 spiro atoms. The van der Waals surface area contributed by atoms with Crippen LogP contribution in [0.25, 0.3) is 6.08 Å².